The van der Waals surface area contributed by atoms with E-state index in [2.05, 4.69) is 29.1 Å². The standard InChI is InChI=1S/C38H53N3O8/c1-3-5-19-33(26-30-15-8-6-9-16-30)37(45)48-29-34(20-12-13-21-40-38(46)49-28-31-17-10-7-11-18-31)41-36(44)32(14-4-2)27-35(43)39-22-24-47-25-23-42/h3-4,6-11,15-18,32-34,42H,1-2,5,12-14,19-29H2,(H,39,43)(H,40,46)(H,41,44)/t32-,33-,34+/m1/s1. The third-order valence-electron chi connectivity index (χ3n) is 7.67. The molecule has 0 aliphatic carbocycles. The van der Waals surface area contributed by atoms with E-state index in [0.29, 0.717) is 45.1 Å². The minimum Gasteiger partial charge on any atom is -0.463 e. The zero-order valence-electron chi connectivity index (χ0n) is 28.5. The van der Waals surface area contributed by atoms with Gasteiger partial charge in [-0.1, -0.05) is 72.8 Å². The summed E-state index contributed by atoms with van der Waals surface area (Å²) in [4.78, 5) is 51.4. The van der Waals surface area contributed by atoms with Crippen LogP contribution in [-0.4, -0.2) is 74.5 Å². The summed E-state index contributed by atoms with van der Waals surface area (Å²) in [5.41, 5.74) is 1.92. The number of carbonyl (C=O) groups is 4. The maximum Gasteiger partial charge on any atom is 0.407 e. The number of unbranched alkanes of at least 4 members (excludes halogenated alkanes) is 1. The van der Waals surface area contributed by atoms with Crippen LogP contribution in [0, 0.1) is 11.8 Å². The van der Waals surface area contributed by atoms with Crippen LogP contribution in [0.5, 0.6) is 0 Å². The van der Waals surface area contributed by atoms with E-state index >= 15 is 0 Å². The van der Waals surface area contributed by atoms with Crippen molar-refractivity contribution in [3.63, 3.8) is 0 Å². The number of esters is 1. The Kier molecular flexibility index (Phi) is 21.2. The number of hydrogen-bond donors (Lipinski definition) is 4. The van der Waals surface area contributed by atoms with Crippen LogP contribution in [0.15, 0.2) is 86.0 Å². The lowest BCUT2D eigenvalue weighted by atomic mass is 9.95. The van der Waals surface area contributed by atoms with E-state index in [-0.39, 0.29) is 76.1 Å². The fraction of sp³-hybridized carbons (Fsp3) is 0.474. The Morgan fingerprint density at radius 2 is 1.51 bits per heavy atom. The number of carbonyl (C=O) groups excluding carboxylic acids is 4. The molecule has 268 valence electrons. The van der Waals surface area contributed by atoms with E-state index in [4.69, 9.17) is 19.3 Å². The number of amides is 3. The van der Waals surface area contributed by atoms with Crippen molar-refractivity contribution in [1.82, 2.24) is 16.0 Å². The molecule has 0 spiro atoms. The van der Waals surface area contributed by atoms with Gasteiger partial charge in [0.1, 0.15) is 13.2 Å². The van der Waals surface area contributed by atoms with Gasteiger partial charge in [-0.15, -0.1) is 13.2 Å². The van der Waals surface area contributed by atoms with Gasteiger partial charge in [0.05, 0.1) is 37.7 Å². The normalized spacial score (nSPS) is 12.5. The van der Waals surface area contributed by atoms with Gasteiger partial charge >= 0.3 is 12.1 Å². The van der Waals surface area contributed by atoms with Gasteiger partial charge in [-0.25, -0.2) is 4.79 Å². The number of ether oxygens (including phenoxy) is 3. The fourth-order valence-electron chi connectivity index (χ4n) is 5.03. The van der Waals surface area contributed by atoms with E-state index in [9.17, 15) is 19.2 Å². The molecular weight excluding hydrogens is 626 g/mol. The van der Waals surface area contributed by atoms with Crippen molar-refractivity contribution < 1.29 is 38.5 Å². The van der Waals surface area contributed by atoms with Crippen molar-refractivity contribution in [3.05, 3.63) is 97.1 Å². The highest BCUT2D eigenvalue weighted by Crippen LogP contribution is 2.18. The molecule has 0 aliphatic heterocycles. The minimum absolute atomic E-state index is 0.0360. The summed E-state index contributed by atoms with van der Waals surface area (Å²) in [5, 5.41) is 17.3. The summed E-state index contributed by atoms with van der Waals surface area (Å²) in [7, 11) is 0. The molecule has 3 amide bonds. The molecule has 11 heteroatoms. The maximum absolute atomic E-state index is 13.4. The van der Waals surface area contributed by atoms with Crippen molar-refractivity contribution in [3.8, 4) is 0 Å². The van der Waals surface area contributed by atoms with Crippen LogP contribution in [0.2, 0.25) is 0 Å². The number of hydrogen-bond acceptors (Lipinski definition) is 8. The van der Waals surface area contributed by atoms with Crippen molar-refractivity contribution in [1.29, 1.82) is 0 Å². The lowest BCUT2D eigenvalue weighted by Crippen LogP contribution is -2.43. The SMILES string of the molecule is C=CCC[C@H](Cc1ccccc1)C(=O)OC[C@H](CCCCNC(=O)OCc1ccccc1)NC(=O)[C@H](CC=C)CC(=O)NCCOCCO. The lowest BCUT2D eigenvalue weighted by Gasteiger charge is -2.23. The summed E-state index contributed by atoms with van der Waals surface area (Å²) in [5.74, 6) is -2.05. The second kappa shape index (κ2) is 25.5. The average Bonchev–Trinajstić information content (AvgIpc) is 3.11. The first-order valence-electron chi connectivity index (χ1n) is 17.0. The molecule has 0 heterocycles. The predicted molar refractivity (Wildman–Crippen MR) is 188 cm³/mol. The number of benzene rings is 2. The molecule has 0 saturated heterocycles. The van der Waals surface area contributed by atoms with Crippen molar-refractivity contribution >= 4 is 23.9 Å². The number of rotatable bonds is 26. The maximum atomic E-state index is 13.4. The Morgan fingerprint density at radius 3 is 2.18 bits per heavy atom. The Bertz CT molecular complexity index is 1260. The number of nitrogens with one attached hydrogen (secondary N) is 3. The molecule has 0 fully saturated rings. The Balaban J connectivity index is 1.98. The molecule has 2 aromatic carbocycles. The zero-order valence-corrected chi connectivity index (χ0v) is 28.5. The molecule has 0 unspecified atom stereocenters. The molecule has 3 atom stereocenters. The molecule has 0 saturated carbocycles. The first-order chi connectivity index (χ1) is 23.9. The number of allylic oxidation sites excluding steroid dienone is 2. The summed E-state index contributed by atoms with van der Waals surface area (Å²) in [6, 6.07) is 18.6. The van der Waals surface area contributed by atoms with Gasteiger partial charge in [-0.2, -0.15) is 0 Å². The molecule has 49 heavy (non-hydrogen) atoms. The van der Waals surface area contributed by atoms with Crippen molar-refractivity contribution in [2.75, 3.05) is 39.5 Å². The van der Waals surface area contributed by atoms with Crippen molar-refractivity contribution in [2.24, 2.45) is 11.8 Å². The van der Waals surface area contributed by atoms with Gasteiger partial charge in [0.2, 0.25) is 11.8 Å². The Labute approximate surface area is 290 Å². The Morgan fingerprint density at radius 1 is 0.796 bits per heavy atom. The van der Waals surface area contributed by atoms with Gasteiger partial charge in [-0.3, -0.25) is 14.4 Å². The van der Waals surface area contributed by atoms with Crippen LogP contribution in [0.3, 0.4) is 0 Å². The van der Waals surface area contributed by atoms with Crippen LogP contribution in [0.4, 0.5) is 4.79 Å². The summed E-state index contributed by atoms with van der Waals surface area (Å²) >= 11 is 0. The molecule has 4 N–H and O–H groups in total. The zero-order chi connectivity index (χ0) is 35.5. The molecule has 11 nitrogen and oxygen atoms in total. The van der Waals surface area contributed by atoms with E-state index < -0.39 is 18.1 Å². The monoisotopic (exact) mass is 679 g/mol. The molecule has 0 radical (unpaired) electrons. The number of alkyl carbamates (subject to hydrolysis) is 1. The minimum atomic E-state index is -0.673. The number of aliphatic hydroxyl groups is 1. The number of aliphatic hydroxyl groups excluding tert-OH is 1. The molecule has 0 aliphatic rings. The van der Waals surface area contributed by atoms with Gasteiger partial charge < -0.3 is 35.3 Å². The second-order valence-electron chi connectivity index (χ2n) is 11.7. The van der Waals surface area contributed by atoms with Crippen LogP contribution in [-0.2, 0) is 41.6 Å². The van der Waals surface area contributed by atoms with Gasteiger partial charge in [0, 0.05) is 19.5 Å². The smallest absolute Gasteiger partial charge is 0.407 e. The van der Waals surface area contributed by atoms with Gasteiger partial charge in [0.25, 0.3) is 0 Å². The third kappa shape index (κ3) is 18.6. The summed E-state index contributed by atoms with van der Waals surface area (Å²) in [6.45, 7) is 8.61. The van der Waals surface area contributed by atoms with Crippen molar-refractivity contribution in [2.45, 2.75) is 64.0 Å². The van der Waals surface area contributed by atoms with Crippen LogP contribution < -0.4 is 16.0 Å². The van der Waals surface area contributed by atoms with E-state index in [1.807, 2.05) is 60.7 Å². The predicted octanol–water partition coefficient (Wildman–Crippen LogP) is 4.64. The largest absolute Gasteiger partial charge is 0.463 e. The quantitative estimate of drug-likeness (QED) is 0.0638. The first kappa shape index (κ1) is 40.7. The van der Waals surface area contributed by atoms with Gasteiger partial charge in [-0.05, 0) is 56.1 Å². The highest BCUT2D eigenvalue weighted by molar-refractivity contribution is 5.86. The fourth-order valence-corrected chi connectivity index (χ4v) is 5.03. The van der Waals surface area contributed by atoms with Crippen LogP contribution in [0.25, 0.3) is 0 Å². The van der Waals surface area contributed by atoms with Crippen LogP contribution >= 0.6 is 0 Å². The van der Waals surface area contributed by atoms with Gasteiger partial charge in [0.15, 0.2) is 0 Å². The third-order valence-corrected chi connectivity index (χ3v) is 7.67. The van der Waals surface area contributed by atoms with E-state index in [1.54, 1.807) is 12.2 Å². The molecule has 0 bridgehead atoms. The molecular formula is C38H53N3O8. The van der Waals surface area contributed by atoms with E-state index in [1.165, 1.54) is 0 Å². The second-order valence-corrected chi connectivity index (χ2v) is 11.7. The topological polar surface area (TPSA) is 152 Å². The first-order valence-corrected chi connectivity index (χ1v) is 17.0. The Hall–Kier alpha value is -4.48. The van der Waals surface area contributed by atoms with E-state index in [0.717, 1.165) is 11.1 Å². The summed E-state index contributed by atoms with van der Waals surface area (Å²) < 4.78 is 16.2. The average molecular weight is 680 g/mol. The highest BCUT2D eigenvalue weighted by atomic mass is 16.5. The van der Waals surface area contributed by atoms with Crippen LogP contribution in [0.1, 0.15) is 56.1 Å². The molecule has 2 rings (SSSR count). The summed E-state index contributed by atoms with van der Waals surface area (Å²) in [6.07, 6.45) is 6.54. The molecule has 0 aromatic heterocycles. The highest BCUT2D eigenvalue weighted by Gasteiger charge is 2.26. The lowest BCUT2D eigenvalue weighted by molar-refractivity contribution is -0.150. The molecule has 2 aromatic rings.